The number of carboxylic acid groups (broad SMARTS) is 1. The minimum absolute atomic E-state index is 0.113. The predicted molar refractivity (Wildman–Crippen MR) is 208 cm³/mol. The molecule has 0 aromatic heterocycles. The van der Waals surface area contributed by atoms with E-state index in [9.17, 15) is 19.0 Å². The molecule has 10 nitrogen and oxygen atoms in total. The number of ether oxygens (including phenoxy) is 2. The van der Waals surface area contributed by atoms with Crippen molar-refractivity contribution in [1.82, 2.24) is 0 Å². The quantitative estimate of drug-likeness (QED) is 0.0239. The Labute approximate surface area is 312 Å². The molecule has 3 atom stereocenters. The predicted octanol–water partition coefficient (Wildman–Crippen LogP) is 11.0. The Morgan fingerprint density at radius 2 is 1.02 bits per heavy atom. The summed E-state index contributed by atoms with van der Waals surface area (Å²) < 4.78 is 33.3. The third kappa shape index (κ3) is 36.8. The van der Waals surface area contributed by atoms with Crippen molar-refractivity contribution in [1.29, 1.82) is 0 Å². The van der Waals surface area contributed by atoms with E-state index >= 15 is 0 Å². The SMILES string of the molecule is CCCCCCCC/C=C\CCCCCCCCO[C@H](COC(=O)CCCCCCCCCCCCCCC)COP(=O)(O)OC[C@H](N)C(=O)O. The zero-order valence-electron chi connectivity index (χ0n) is 32.7. The van der Waals surface area contributed by atoms with Crippen LogP contribution in [0.15, 0.2) is 12.2 Å². The van der Waals surface area contributed by atoms with Crippen molar-refractivity contribution in [2.24, 2.45) is 5.73 Å². The van der Waals surface area contributed by atoms with Crippen LogP contribution in [0.25, 0.3) is 0 Å². The van der Waals surface area contributed by atoms with Gasteiger partial charge in [0.2, 0.25) is 0 Å². The second-order valence-corrected chi connectivity index (χ2v) is 15.6. The van der Waals surface area contributed by atoms with E-state index in [1.54, 1.807) is 0 Å². The van der Waals surface area contributed by atoms with Gasteiger partial charge in [-0.2, -0.15) is 0 Å². The van der Waals surface area contributed by atoms with E-state index in [0.29, 0.717) is 13.0 Å². The van der Waals surface area contributed by atoms with Crippen LogP contribution in [0.1, 0.15) is 194 Å². The first-order valence-electron chi connectivity index (χ1n) is 20.7. The zero-order chi connectivity index (χ0) is 37.7. The molecule has 0 amide bonds. The molecule has 0 aromatic carbocycles. The average molecular weight is 748 g/mol. The summed E-state index contributed by atoms with van der Waals surface area (Å²) in [5, 5.41) is 8.88. The van der Waals surface area contributed by atoms with Crippen molar-refractivity contribution in [3.63, 3.8) is 0 Å². The van der Waals surface area contributed by atoms with Gasteiger partial charge >= 0.3 is 19.8 Å². The fourth-order valence-corrected chi connectivity index (χ4v) is 6.53. The highest BCUT2D eigenvalue weighted by molar-refractivity contribution is 7.47. The normalized spacial score (nSPS) is 14.1. The van der Waals surface area contributed by atoms with Gasteiger partial charge < -0.3 is 25.2 Å². The molecule has 0 aliphatic heterocycles. The van der Waals surface area contributed by atoms with Gasteiger partial charge in [-0.3, -0.25) is 18.6 Å². The number of phosphoric ester groups is 1. The van der Waals surface area contributed by atoms with Crippen LogP contribution in [0.5, 0.6) is 0 Å². The molecular formula is C40H78NO9P. The molecule has 11 heteroatoms. The van der Waals surface area contributed by atoms with Gasteiger partial charge in [-0.15, -0.1) is 0 Å². The van der Waals surface area contributed by atoms with Crippen molar-refractivity contribution in [2.45, 2.75) is 206 Å². The molecule has 0 radical (unpaired) electrons. The Balaban J connectivity index is 4.25. The molecule has 51 heavy (non-hydrogen) atoms. The third-order valence-electron chi connectivity index (χ3n) is 9.08. The van der Waals surface area contributed by atoms with Gasteiger partial charge in [-0.25, -0.2) is 4.57 Å². The summed E-state index contributed by atoms with van der Waals surface area (Å²) in [5.74, 6) is -1.69. The topological polar surface area (TPSA) is 155 Å². The summed E-state index contributed by atoms with van der Waals surface area (Å²) in [4.78, 5) is 33.3. The van der Waals surface area contributed by atoms with E-state index in [-0.39, 0.29) is 19.2 Å². The van der Waals surface area contributed by atoms with Crippen molar-refractivity contribution in [3.8, 4) is 0 Å². The highest BCUT2D eigenvalue weighted by Gasteiger charge is 2.27. The second-order valence-electron chi connectivity index (χ2n) is 14.1. The fraction of sp³-hybridized carbons (Fsp3) is 0.900. The van der Waals surface area contributed by atoms with E-state index < -0.39 is 32.5 Å². The molecule has 0 rings (SSSR count). The number of hydrogen-bond acceptors (Lipinski definition) is 8. The van der Waals surface area contributed by atoms with E-state index in [1.807, 2.05) is 0 Å². The Hall–Kier alpha value is -1.29. The monoisotopic (exact) mass is 748 g/mol. The van der Waals surface area contributed by atoms with Crippen molar-refractivity contribution in [2.75, 3.05) is 26.4 Å². The lowest BCUT2D eigenvalue weighted by molar-refractivity contribution is -0.149. The van der Waals surface area contributed by atoms with Crippen LogP contribution in [-0.2, 0) is 32.7 Å². The van der Waals surface area contributed by atoms with Crippen LogP contribution in [0.2, 0.25) is 0 Å². The van der Waals surface area contributed by atoms with Crippen molar-refractivity contribution < 1.29 is 42.7 Å². The molecule has 1 unspecified atom stereocenters. The van der Waals surface area contributed by atoms with Crippen LogP contribution in [0, 0.1) is 0 Å². The molecule has 0 bridgehead atoms. The lowest BCUT2D eigenvalue weighted by Gasteiger charge is -2.20. The molecule has 0 aliphatic rings. The highest BCUT2D eigenvalue weighted by Crippen LogP contribution is 2.43. The number of carbonyl (C=O) groups excluding carboxylic acids is 1. The molecule has 0 saturated carbocycles. The molecule has 0 saturated heterocycles. The first-order valence-corrected chi connectivity index (χ1v) is 22.2. The maximum absolute atomic E-state index is 12.4. The number of nitrogens with two attached hydrogens (primary N) is 1. The van der Waals surface area contributed by atoms with E-state index in [1.165, 1.54) is 122 Å². The van der Waals surface area contributed by atoms with Crippen LogP contribution in [-0.4, -0.2) is 60.5 Å². The van der Waals surface area contributed by atoms with Crippen LogP contribution in [0.4, 0.5) is 0 Å². The number of esters is 1. The van der Waals surface area contributed by atoms with Gasteiger partial charge in [-0.05, 0) is 38.5 Å². The molecular weight excluding hydrogens is 669 g/mol. The lowest BCUT2D eigenvalue weighted by Crippen LogP contribution is -2.34. The number of carboxylic acids is 1. The summed E-state index contributed by atoms with van der Waals surface area (Å²) in [6, 6.07) is -1.46. The van der Waals surface area contributed by atoms with Gasteiger partial charge in [0, 0.05) is 13.0 Å². The minimum Gasteiger partial charge on any atom is -0.480 e. The van der Waals surface area contributed by atoms with Crippen LogP contribution >= 0.6 is 7.82 Å². The summed E-state index contributed by atoms with van der Waals surface area (Å²) in [5.41, 5.74) is 5.35. The number of unbranched alkanes of at least 4 members (excludes halogenated alkanes) is 24. The summed E-state index contributed by atoms with van der Waals surface area (Å²) in [6.07, 6.45) is 37.0. The smallest absolute Gasteiger partial charge is 0.472 e. The molecule has 0 aromatic rings. The molecule has 0 spiro atoms. The number of rotatable bonds is 40. The maximum atomic E-state index is 12.4. The Bertz CT molecular complexity index is 873. The Morgan fingerprint density at radius 3 is 1.49 bits per heavy atom. The van der Waals surface area contributed by atoms with Gasteiger partial charge in [0.25, 0.3) is 0 Å². The van der Waals surface area contributed by atoms with E-state index in [0.717, 1.165) is 51.4 Å². The van der Waals surface area contributed by atoms with Gasteiger partial charge in [0.15, 0.2) is 0 Å². The first-order chi connectivity index (χ1) is 24.7. The van der Waals surface area contributed by atoms with Crippen molar-refractivity contribution >= 4 is 19.8 Å². The zero-order valence-corrected chi connectivity index (χ0v) is 33.6. The third-order valence-corrected chi connectivity index (χ3v) is 10.0. The van der Waals surface area contributed by atoms with E-state index in [4.69, 9.17) is 29.4 Å². The number of phosphoric acid groups is 1. The molecule has 4 N–H and O–H groups in total. The summed E-state index contributed by atoms with van der Waals surface area (Å²) in [7, 11) is -4.58. The number of hydrogen-bond donors (Lipinski definition) is 3. The summed E-state index contributed by atoms with van der Waals surface area (Å²) in [6.45, 7) is 3.74. The fourth-order valence-electron chi connectivity index (χ4n) is 5.75. The van der Waals surface area contributed by atoms with Gasteiger partial charge in [0.1, 0.15) is 18.8 Å². The van der Waals surface area contributed by atoms with Crippen LogP contribution in [0.3, 0.4) is 0 Å². The molecule has 0 aliphatic carbocycles. The number of allylic oxidation sites excluding steroid dienone is 2. The van der Waals surface area contributed by atoms with E-state index in [2.05, 4.69) is 26.0 Å². The Morgan fingerprint density at radius 1 is 0.608 bits per heavy atom. The number of aliphatic carboxylic acids is 1. The maximum Gasteiger partial charge on any atom is 0.472 e. The standard InChI is InChI=1S/C40H78NO9P/c1-3-5-7-9-11-13-15-17-18-19-21-23-25-27-29-31-33-47-37(35-49-51(45,46)50-36-38(41)40(43)44)34-48-39(42)32-30-28-26-24-22-20-16-14-12-10-8-6-4-2/h17-18,37-38H,3-16,19-36,41H2,1-2H3,(H,43,44)(H,45,46)/b18-17-/t37-,38+/m1/s1. The molecule has 0 fully saturated rings. The lowest BCUT2D eigenvalue weighted by atomic mass is 10.0. The summed E-state index contributed by atoms with van der Waals surface area (Å²) >= 11 is 0. The van der Waals surface area contributed by atoms with Gasteiger partial charge in [0.05, 0.1) is 13.2 Å². The first kappa shape index (κ1) is 49.7. The Kier molecular flexibility index (Phi) is 36.1. The minimum atomic E-state index is -4.58. The number of carbonyl (C=O) groups is 2. The largest absolute Gasteiger partial charge is 0.480 e. The van der Waals surface area contributed by atoms with Gasteiger partial charge in [-0.1, -0.05) is 161 Å². The molecule has 0 heterocycles. The average Bonchev–Trinajstić information content (AvgIpc) is 3.11. The second kappa shape index (κ2) is 37.0. The van der Waals surface area contributed by atoms with Crippen molar-refractivity contribution in [3.05, 3.63) is 12.2 Å². The molecule has 302 valence electrons. The highest BCUT2D eigenvalue weighted by atomic mass is 31.2. The van der Waals surface area contributed by atoms with Crippen LogP contribution < -0.4 is 5.73 Å².